The van der Waals surface area contributed by atoms with Gasteiger partial charge in [-0.3, -0.25) is 9.79 Å². The van der Waals surface area contributed by atoms with Crippen LogP contribution in [0.4, 0.5) is 0 Å². The summed E-state index contributed by atoms with van der Waals surface area (Å²) in [5, 5.41) is 9.79. The monoisotopic (exact) mass is 324 g/mol. The first kappa shape index (κ1) is 19.8. The van der Waals surface area contributed by atoms with Crippen molar-refractivity contribution in [3.63, 3.8) is 0 Å². The van der Waals surface area contributed by atoms with Crippen LogP contribution in [0.1, 0.15) is 72.6 Å². The largest absolute Gasteiger partial charge is 0.357 e. The van der Waals surface area contributed by atoms with Crippen molar-refractivity contribution in [1.29, 1.82) is 0 Å². The molecule has 1 aliphatic rings. The molecule has 1 atom stereocenters. The van der Waals surface area contributed by atoms with E-state index in [1.165, 1.54) is 19.3 Å². The maximum atomic E-state index is 11.9. The normalized spacial score (nSPS) is 17.3. The minimum Gasteiger partial charge on any atom is -0.357 e. The molecule has 5 nitrogen and oxygen atoms in total. The number of nitrogens with zero attached hydrogens (tertiary/aromatic N) is 1. The smallest absolute Gasteiger partial charge is 0.222 e. The van der Waals surface area contributed by atoms with E-state index in [2.05, 4.69) is 48.6 Å². The number of hydrogen-bond acceptors (Lipinski definition) is 2. The molecule has 0 saturated heterocycles. The maximum absolute atomic E-state index is 11.9. The number of rotatable bonds is 9. The molecule has 1 aliphatic carbocycles. The predicted molar refractivity (Wildman–Crippen MR) is 97.7 cm³/mol. The zero-order chi connectivity index (χ0) is 17.1. The van der Waals surface area contributed by atoms with E-state index in [0.29, 0.717) is 25.0 Å². The van der Waals surface area contributed by atoms with Crippen LogP contribution >= 0.6 is 0 Å². The summed E-state index contributed by atoms with van der Waals surface area (Å²) < 4.78 is 0. The summed E-state index contributed by atoms with van der Waals surface area (Å²) in [5.74, 6) is 1.67. The van der Waals surface area contributed by atoms with E-state index in [0.717, 1.165) is 37.7 Å². The number of guanidine groups is 1. The third kappa shape index (κ3) is 9.47. The van der Waals surface area contributed by atoms with Crippen molar-refractivity contribution in [2.75, 3.05) is 13.1 Å². The summed E-state index contributed by atoms with van der Waals surface area (Å²) in [6, 6.07) is 0.788. The SMILES string of the molecule is CCNC(=NCCC(=O)NC1CCCC1)NC(C)CCC(C)C. The van der Waals surface area contributed by atoms with Gasteiger partial charge in [-0.15, -0.1) is 0 Å². The Kier molecular flexibility index (Phi) is 9.72. The molecule has 0 radical (unpaired) electrons. The van der Waals surface area contributed by atoms with Crippen LogP contribution in [0.25, 0.3) is 0 Å². The van der Waals surface area contributed by atoms with Gasteiger partial charge < -0.3 is 16.0 Å². The molecule has 134 valence electrons. The first-order valence-electron chi connectivity index (χ1n) is 9.35. The predicted octanol–water partition coefficient (Wildman–Crippen LogP) is 2.82. The molecule has 1 unspecified atom stereocenters. The van der Waals surface area contributed by atoms with Gasteiger partial charge in [-0.05, 0) is 45.4 Å². The first-order valence-corrected chi connectivity index (χ1v) is 9.35. The van der Waals surface area contributed by atoms with Crippen LogP contribution < -0.4 is 16.0 Å². The Bertz CT molecular complexity index is 362. The van der Waals surface area contributed by atoms with Crippen molar-refractivity contribution in [2.24, 2.45) is 10.9 Å². The van der Waals surface area contributed by atoms with Crippen LogP contribution in [0.3, 0.4) is 0 Å². The van der Waals surface area contributed by atoms with E-state index >= 15 is 0 Å². The summed E-state index contributed by atoms with van der Waals surface area (Å²) in [4.78, 5) is 16.4. The lowest BCUT2D eigenvalue weighted by atomic mass is 10.0. The van der Waals surface area contributed by atoms with E-state index in [-0.39, 0.29) is 5.91 Å². The van der Waals surface area contributed by atoms with Gasteiger partial charge in [0.1, 0.15) is 0 Å². The quantitative estimate of drug-likeness (QED) is 0.451. The third-order valence-corrected chi connectivity index (χ3v) is 4.23. The molecule has 0 aromatic rings. The average Bonchev–Trinajstić information content (AvgIpc) is 2.98. The lowest BCUT2D eigenvalue weighted by Crippen LogP contribution is -2.42. The van der Waals surface area contributed by atoms with Crippen molar-refractivity contribution in [2.45, 2.75) is 84.7 Å². The second-order valence-electron chi connectivity index (χ2n) is 7.08. The molecule has 0 aliphatic heterocycles. The van der Waals surface area contributed by atoms with Gasteiger partial charge in [0.2, 0.25) is 5.91 Å². The van der Waals surface area contributed by atoms with E-state index in [1.807, 2.05) is 0 Å². The van der Waals surface area contributed by atoms with Gasteiger partial charge in [0.25, 0.3) is 0 Å². The van der Waals surface area contributed by atoms with Gasteiger partial charge in [-0.25, -0.2) is 0 Å². The molecule has 1 amide bonds. The van der Waals surface area contributed by atoms with Crippen LogP contribution in [0.15, 0.2) is 4.99 Å². The molecule has 0 bridgehead atoms. The lowest BCUT2D eigenvalue weighted by molar-refractivity contribution is -0.121. The molecule has 0 aromatic heterocycles. The maximum Gasteiger partial charge on any atom is 0.222 e. The van der Waals surface area contributed by atoms with Crippen molar-refractivity contribution < 1.29 is 4.79 Å². The molecule has 5 heteroatoms. The van der Waals surface area contributed by atoms with E-state index < -0.39 is 0 Å². The average molecular weight is 325 g/mol. The van der Waals surface area contributed by atoms with E-state index in [9.17, 15) is 4.79 Å². The number of nitrogens with one attached hydrogen (secondary N) is 3. The highest BCUT2D eigenvalue weighted by molar-refractivity contribution is 5.81. The molecule has 1 rings (SSSR count). The highest BCUT2D eigenvalue weighted by atomic mass is 16.1. The molecule has 1 saturated carbocycles. The number of aliphatic imine (C=N–C) groups is 1. The van der Waals surface area contributed by atoms with E-state index in [1.54, 1.807) is 0 Å². The molecule has 0 spiro atoms. The fourth-order valence-corrected chi connectivity index (χ4v) is 2.85. The number of amides is 1. The summed E-state index contributed by atoms with van der Waals surface area (Å²) in [6.45, 7) is 10.1. The van der Waals surface area contributed by atoms with Crippen LogP contribution in [-0.4, -0.2) is 37.0 Å². The van der Waals surface area contributed by atoms with Crippen molar-refractivity contribution >= 4 is 11.9 Å². The Labute approximate surface area is 142 Å². The van der Waals surface area contributed by atoms with Crippen LogP contribution in [0.2, 0.25) is 0 Å². The van der Waals surface area contributed by atoms with Gasteiger partial charge in [0.15, 0.2) is 5.96 Å². The Morgan fingerprint density at radius 2 is 1.87 bits per heavy atom. The van der Waals surface area contributed by atoms with Gasteiger partial charge in [0, 0.05) is 25.0 Å². The summed E-state index contributed by atoms with van der Waals surface area (Å²) in [7, 11) is 0. The first-order chi connectivity index (χ1) is 11.0. The summed E-state index contributed by atoms with van der Waals surface area (Å²) in [6.07, 6.45) is 7.55. The topological polar surface area (TPSA) is 65.5 Å². The minimum absolute atomic E-state index is 0.129. The van der Waals surface area contributed by atoms with E-state index in [4.69, 9.17) is 0 Å². The Balaban J connectivity index is 2.30. The fraction of sp³-hybridized carbons (Fsp3) is 0.889. The van der Waals surface area contributed by atoms with Crippen LogP contribution in [-0.2, 0) is 4.79 Å². The van der Waals surface area contributed by atoms with Crippen molar-refractivity contribution in [1.82, 2.24) is 16.0 Å². The molecule has 0 heterocycles. The number of hydrogen-bond donors (Lipinski definition) is 3. The summed E-state index contributed by atoms with van der Waals surface area (Å²) in [5.41, 5.74) is 0. The highest BCUT2D eigenvalue weighted by Crippen LogP contribution is 2.17. The third-order valence-electron chi connectivity index (χ3n) is 4.23. The summed E-state index contributed by atoms with van der Waals surface area (Å²) >= 11 is 0. The van der Waals surface area contributed by atoms with Gasteiger partial charge in [-0.1, -0.05) is 26.7 Å². The molecule has 1 fully saturated rings. The van der Waals surface area contributed by atoms with Crippen molar-refractivity contribution in [3.8, 4) is 0 Å². The lowest BCUT2D eigenvalue weighted by Gasteiger charge is -2.18. The molecule has 23 heavy (non-hydrogen) atoms. The van der Waals surface area contributed by atoms with Gasteiger partial charge >= 0.3 is 0 Å². The molecule has 3 N–H and O–H groups in total. The minimum atomic E-state index is 0.129. The van der Waals surface area contributed by atoms with Gasteiger partial charge in [0.05, 0.1) is 6.54 Å². The van der Waals surface area contributed by atoms with Crippen LogP contribution in [0.5, 0.6) is 0 Å². The van der Waals surface area contributed by atoms with Crippen molar-refractivity contribution in [3.05, 3.63) is 0 Å². The standard InChI is InChI=1S/C18H36N4O/c1-5-19-18(21-15(4)11-10-14(2)3)20-13-12-17(23)22-16-8-6-7-9-16/h14-16H,5-13H2,1-4H3,(H,22,23)(H2,19,20,21). The highest BCUT2D eigenvalue weighted by Gasteiger charge is 2.16. The molecule has 0 aromatic carbocycles. The second kappa shape index (κ2) is 11.3. The number of carbonyl (C=O) groups excluding carboxylic acids is 1. The zero-order valence-electron chi connectivity index (χ0n) is 15.5. The molecular formula is C18H36N4O. The zero-order valence-corrected chi connectivity index (χ0v) is 15.5. The molecular weight excluding hydrogens is 288 g/mol. The Hall–Kier alpha value is -1.26. The number of carbonyl (C=O) groups is 1. The van der Waals surface area contributed by atoms with Gasteiger partial charge in [-0.2, -0.15) is 0 Å². The second-order valence-corrected chi connectivity index (χ2v) is 7.08. The Morgan fingerprint density at radius 3 is 2.48 bits per heavy atom. The fourth-order valence-electron chi connectivity index (χ4n) is 2.85. The van der Waals surface area contributed by atoms with Crippen LogP contribution in [0, 0.1) is 5.92 Å². The Morgan fingerprint density at radius 1 is 1.17 bits per heavy atom.